The smallest absolute Gasteiger partial charge is 0.258 e. The summed E-state index contributed by atoms with van der Waals surface area (Å²) in [5.41, 5.74) is 0.252. The predicted octanol–water partition coefficient (Wildman–Crippen LogP) is 2.69. The summed E-state index contributed by atoms with van der Waals surface area (Å²) in [4.78, 5) is 10.7. The maximum absolute atomic E-state index is 11.0. The second kappa shape index (κ2) is 4.38. The molecule has 0 bridgehead atoms. The molecule has 0 unspecified atom stereocenters. The number of hydrogen-bond acceptors (Lipinski definition) is 2. The Morgan fingerprint density at radius 2 is 1.24 bits per heavy atom. The predicted molar refractivity (Wildman–Crippen MR) is 79.1 cm³/mol. The molecule has 0 saturated heterocycles. The van der Waals surface area contributed by atoms with Gasteiger partial charge in [-0.2, -0.15) is 0 Å². The molecule has 0 N–H and O–H groups in total. The number of benzene rings is 1. The molecule has 0 aliphatic carbocycles. The van der Waals surface area contributed by atoms with E-state index in [9.17, 15) is 10.1 Å². The lowest BCUT2D eigenvalue weighted by molar-refractivity contribution is -0.384. The lowest BCUT2D eigenvalue weighted by Crippen LogP contribution is -2.45. The molecule has 0 spiro atoms. The van der Waals surface area contributed by atoms with E-state index in [1.165, 1.54) is 10.4 Å². The molecule has 0 radical (unpaired) electrons. The van der Waals surface area contributed by atoms with E-state index in [0.29, 0.717) is 0 Å². The normalized spacial score (nSPS) is 12.6. The van der Waals surface area contributed by atoms with Crippen LogP contribution in [0, 0.1) is 10.1 Å². The third-order valence-electron chi connectivity index (χ3n) is 2.86. The minimum atomic E-state index is -1.50. The Hall–Kier alpha value is -0.946. The van der Waals surface area contributed by atoms with Crippen molar-refractivity contribution in [3.63, 3.8) is 0 Å². The van der Waals surface area contributed by atoms with Crippen LogP contribution in [-0.4, -0.2) is 21.1 Å². The summed E-state index contributed by atoms with van der Waals surface area (Å²) in [6, 6.07) is 5.72. The summed E-state index contributed by atoms with van der Waals surface area (Å²) in [5, 5.41) is 13.4. The molecule has 1 aromatic rings. The zero-order chi connectivity index (χ0) is 13.4. The van der Waals surface area contributed by atoms with Gasteiger partial charge in [0.05, 0.1) is 21.1 Å². The fourth-order valence-electron chi connectivity index (χ4n) is 1.58. The second-order valence-corrected chi connectivity index (χ2v) is 16.7. The monoisotopic (exact) mass is 267 g/mol. The van der Waals surface area contributed by atoms with Crippen molar-refractivity contribution < 1.29 is 4.92 Å². The minimum absolute atomic E-state index is 0.252. The van der Waals surface area contributed by atoms with Gasteiger partial charge in [-0.15, -0.1) is 0 Å². The van der Waals surface area contributed by atoms with E-state index in [1.54, 1.807) is 12.1 Å². The van der Waals surface area contributed by atoms with Gasteiger partial charge >= 0.3 is 0 Å². The third-order valence-corrected chi connectivity index (χ3v) is 6.90. The van der Waals surface area contributed by atoms with Crippen LogP contribution in [0.3, 0.4) is 0 Å². The Morgan fingerprint density at radius 1 is 0.882 bits per heavy atom. The van der Waals surface area contributed by atoms with Crippen molar-refractivity contribution in [2.75, 3.05) is 0 Å². The van der Waals surface area contributed by atoms with Crippen LogP contribution < -0.4 is 10.4 Å². The number of hydrogen-bond donors (Lipinski definition) is 0. The van der Waals surface area contributed by atoms with Crippen molar-refractivity contribution >= 4 is 32.2 Å². The second-order valence-electron chi connectivity index (χ2n) is 6.53. The van der Waals surface area contributed by atoms with E-state index in [-0.39, 0.29) is 10.6 Å². The van der Waals surface area contributed by atoms with Gasteiger partial charge in [0.1, 0.15) is 0 Å². The maximum Gasteiger partial charge on any atom is 0.269 e. The molecule has 0 aliphatic rings. The number of rotatable bonds is 3. The van der Waals surface area contributed by atoms with E-state index in [0.717, 1.165) is 0 Å². The van der Waals surface area contributed by atoms with Gasteiger partial charge in [0.2, 0.25) is 0 Å². The summed E-state index contributed by atoms with van der Waals surface area (Å²) < 4.78 is 0. The molecular weight excluding hydrogens is 246 g/mol. The molecule has 1 aromatic carbocycles. The van der Waals surface area contributed by atoms with Crippen LogP contribution in [0.5, 0.6) is 0 Å². The Labute approximate surface area is 105 Å². The summed E-state index contributed by atoms with van der Waals surface area (Å²) in [6.07, 6.45) is 0. The number of non-ortho nitro benzene ring substituents is 1. The Balaban J connectivity index is 3.45. The maximum atomic E-state index is 11.0. The number of nitro benzene ring substituents is 1. The molecule has 5 heteroatoms. The topological polar surface area (TPSA) is 43.1 Å². The van der Waals surface area contributed by atoms with Gasteiger partial charge < -0.3 is 0 Å². The molecule has 0 amide bonds. The molecule has 1 rings (SSSR count). The summed E-state index contributed by atoms with van der Waals surface area (Å²) >= 11 is 0. The first-order valence-corrected chi connectivity index (χ1v) is 12.8. The van der Waals surface area contributed by atoms with Gasteiger partial charge in [-0.1, -0.05) is 55.7 Å². The highest BCUT2D eigenvalue weighted by Gasteiger charge is 2.25. The Bertz CT molecular complexity index is 413. The number of nitrogens with zero attached hydrogens (tertiary/aromatic N) is 1. The molecule has 0 saturated carbocycles. The van der Waals surface area contributed by atoms with Gasteiger partial charge in [0.25, 0.3) is 5.69 Å². The van der Waals surface area contributed by atoms with Crippen LogP contribution in [-0.2, 0) is 0 Å². The molecule has 17 heavy (non-hydrogen) atoms. The van der Waals surface area contributed by atoms with Crippen molar-refractivity contribution in [2.24, 2.45) is 0 Å². The lowest BCUT2D eigenvalue weighted by atomic mass is 10.3. The summed E-state index contributed by atoms with van der Waals surface area (Å²) in [6.45, 7) is 13.3. The van der Waals surface area contributed by atoms with Crippen LogP contribution in [0.15, 0.2) is 18.2 Å². The third kappa shape index (κ3) is 3.50. The quantitative estimate of drug-likeness (QED) is 0.480. The largest absolute Gasteiger partial charge is 0.269 e. The van der Waals surface area contributed by atoms with Crippen molar-refractivity contribution in [1.82, 2.24) is 0 Å². The highest BCUT2D eigenvalue weighted by molar-refractivity contribution is 6.91. The SMILES string of the molecule is C[Si](C)(C)c1cc([N+](=O)[O-])cc([Si](C)(C)C)c1. The van der Waals surface area contributed by atoms with Gasteiger partial charge in [-0.05, 0) is 0 Å². The Morgan fingerprint density at radius 3 is 1.47 bits per heavy atom. The zero-order valence-electron chi connectivity index (χ0n) is 11.5. The van der Waals surface area contributed by atoms with E-state index >= 15 is 0 Å². The van der Waals surface area contributed by atoms with E-state index < -0.39 is 16.1 Å². The molecule has 3 nitrogen and oxygen atoms in total. The highest BCUT2D eigenvalue weighted by atomic mass is 28.3. The van der Waals surface area contributed by atoms with Crippen molar-refractivity contribution in [3.8, 4) is 0 Å². The molecular formula is C12H21NO2Si2. The van der Waals surface area contributed by atoms with Gasteiger partial charge in [0, 0.05) is 12.1 Å². The van der Waals surface area contributed by atoms with Crippen LogP contribution in [0.2, 0.25) is 39.3 Å². The fourth-order valence-corrected chi connectivity index (χ4v) is 4.07. The van der Waals surface area contributed by atoms with Gasteiger partial charge in [0.15, 0.2) is 0 Å². The first-order chi connectivity index (χ1) is 7.51. The summed E-state index contributed by atoms with van der Waals surface area (Å²) in [5.74, 6) is 0. The lowest BCUT2D eigenvalue weighted by Gasteiger charge is -2.22. The van der Waals surface area contributed by atoms with Gasteiger partial charge in [-0.3, -0.25) is 10.1 Å². The average molecular weight is 267 g/mol. The van der Waals surface area contributed by atoms with Crippen molar-refractivity contribution in [1.29, 1.82) is 0 Å². The number of nitro groups is 1. The van der Waals surface area contributed by atoms with Crippen LogP contribution in [0.4, 0.5) is 5.69 Å². The zero-order valence-corrected chi connectivity index (χ0v) is 13.5. The summed E-state index contributed by atoms with van der Waals surface area (Å²) in [7, 11) is -3.01. The average Bonchev–Trinajstić information content (AvgIpc) is 2.14. The van der Waals surface area contributed by atoms with E-state index in [4.69, 9.17) is 0 Å². The van der Waals surface area contributed by atoms with Gasteiger partial charge in [-0.25, -0.2) is 0 Å². The standard InChI is InChI=1S/C12H21NO2Si2/c1-16(2,3)11-7-10(13(14)15)8-12(9-11)17(4,5)6/h7-9H,1-6H3. The minimum Gasteiger partial charge on any atom is -0.258 e. The van der Waals surface area contributed by atoms with Crippen LogP contribution in [0.1, 0.15) is 0 Å². The van der Waals surface area contributed by atoms with Crippen LogP contribution >= 0.6 is 0 Å². The van der Waals surface area contributed by atoms with Crippen molar-refractivity contribution in [2.45, 2.75) is 39.3 Å². The molecule has 0 aliphatic heterocycles. The molecule has 0 aromatic heterocycles. The van der Waals surface area contributed by atoms with Crippen molar-refractivity contribution in [3.05, 3.63) is 28.3 Å². The highest BCUT2D eigenvalue weighted by Crippen LogP contribution is 2.13. The first-order valence-electron chi connectivity index (χ1n) is 5.82. The Kier molecular flexibility index (Phi) is 3.64. The first kappa shape index (κ1) is 14.1. The molecule has 94 valence electrons. The molecule has 0 atom stereocenters. The van der Waals surface area contributed by atoms with E-state index in [2.05, 4.69) is 45.3 Å². The molecule has 0 heterocycles. The van der Waals surface area contributed by atoms with Crippen LogP contribution in [0.25, 0.3) is 0 Å². The van der Waals surface area contributed by atoms with E-state index in [1.807, 2.05) is 0 Å². The fraction of sp³-hybridized carbons (Fsp3) is 0.500. The molecule has 0 fully saturated rings.